The molecule has 3 fully saturated rings. The molecule has 1 aromatic carbocycles. The first kappa shape index (κ1) is 24.4. The van der Waals surface area contributed by atoms with Gasteiger partial charge in [0, 0.05) is 55.0 Å². The largest absolute Gasteiger partial charge is 0.463 e. The van der Waals surface area contributed by atoms with Gasteiger partial charge in [-0.15, -0.1) is 0 Å². The summed E-state index contributed by atoms with van der Waals surface area (Å²) in [7, 11) is 2.12. The first-order valence-corrected chi connectivity index (χ1v) is 13.1. The molecule has 0 bridgehead atoms. The van der Waals surface area contributed by atoms with Gasteiger partial charge < -0.3 is 19.4 Å². The van der Waals surface area contributed by atoms with Crippen LogP contribution in [0.2, 0.25) is 0 Å². The molecule has 1 spiro atoms. The summed E-state index contributed by atoms with van der Waals surface area (Å²) in [6, 6.07) is 6.71. The number of likely N-dealkylation sites (tertiary alicyclic amines) is 2. The molecule has 5 heterocycles. The van der Waals surface area contributed by atoms with Gasteiger partial charge in [-0.25, -0.2) is 0 Å². The second kappa shape index (κ2) is 9.40. The Morgan fingerprint density at radius 3 is 2.89 bits per heavy atom. The maximum atomic E-state index is 12.1. The third kappa shape index (κ3) is 4.17. The van der Waals surface area contributed by atoms with E-state index >= 15 is 0 Å². The zero-order valence-corrected chi connectivity index (χ0v) is 21.9. The Morgan fingerprint density at radius 2 is 2.16 bits per heavy atom. The minimum absolute atomic E-state index is 0.00640. The van der Waals surface area contributed by atoms with Crippen LogP contribution in [0.1, 0.15) is 24.0 Å². The molecule has 1 atom stereocenters. The Kier molecular flexibility index (Phi) is 6.03. The molecule has 0 radical (unpaired) electrons. The number of hydrogen-bond donors (Lipinski definition) is 1. The van der Waals surface area contributed by atoms with Crippen molar-refractivity contribution in [3.63, 3.8) is 0 Å². The molecule has 1 N–H and O–H groups in total. The molecule has 38 heavy (non-hydrogen) atoms. The lowest BCUT2D eigenvalue weighted by Gasteiger charge is -2.47. The topological polar surface area (TPSA) is 114 Å². The van der Waals surface area contributed by atoms with E-state index in [9.17, 15) is 10.1 Å². The molecule has 10 heteroatoms. The van der Waals surface area contributed by atoms with Crippen LogP contribution >= 0.6 is 0 Å². The quantitative estimate of drug-likeness (QED) is 0.502. The third-order valence-corrected chi connectivity index (χ3v) is 8.26. The van der Waals surface area contributed by atoms with Crippen LogP contribution in [-0.2, 0) is 4.79 Å². The number of aromatic nitrogens is 4. The van der Waals surface area contributed by atoms with Gasteiger partial charge in [-0.2, -0.15) is 20.3 Å². The lowest BCUT2D eigenvalue weighted by Crippen LogP contribution is -2.59. The Bertz CT molecular complexity index is 1450. The average Bonchev–Trinajstić information content (AvgIpc) is 3.65. The van der Waals surface area contributed by atoms with Crippen LogP contribution in [-0.4, -0.2) is 88.8 Å². The van der Waals surface area contributed by atoms with Gasteiger partial charge >= 0.3 is 6.01 Å². The molecule has 3 aliphatic heterocycles. The van der Waals surface area contributed by atoms with E-state index in [4.69, 9.17) is 14.7 Å². The summed E-state index contributed by atoms with van der Waals surface area (Å²) in [5.74, 6) is 0.984. The normalized spacial score (nSPS) is 20.6. The Balaban J connectivity index is 1.38. The summed E-state index contributed by atoms with van der Waals surface area (Å²) in [5, 5.41) is 18.6. The number of aromatic amines is 1. The number of rotatable bonds is 6. The van der Waals surface area contributed by atoms with Crippen molar-refractivity contribution in [3.05, 3.63) is 42.1 Å². The van der Waals surface area contributed by atoms with Crippen LogP contribution in [0.3, 0.4) is 0 Å². The summed E-state index contributed by atoms with van der Waals surface area (Å²) in [5.41, 5.74) is 3.75. The van der Waals surface area contributed by atoms with Crippen LogP contribution < -0.4 is 9.64 Å². The molecule has 2 aromatic heterocycles. The van der Waals surface area contributed by atoms with Crippen molar-refractivity contribution < 1.29 is 9.53 Å². The Hall–Kier alpha value is -3.97. The lowest BCUT2D eigenvalue weighted by atomic mass is 9.79. The van der Waals surface area contributed by atoms with Gasteiger partial charge in [0.1, 0.15) is 11.6 Å². The molecule has 10 nitrogen and oxygen atoms in total. The summed E-state index contributed by atoms with van der Waals surface area (Å²) in [4.78, 5) is 28.0. The van der Waals surface area contributed by atoms with Crippen molar-refractivity contribution in [3.8, 4) is 23.3 Å². The molecule has 3 saturated heterocycles. The van der Waals surface area contributed by atoms with Gasteiger partial charge in [0.2, 0.25) is 5.91 Å². The summed E-state index contributed by atoms with van der Waals surface area (Å²) in [6.07, 6.45) is 5.15. The minimum Gasteiger partial charge on any atom is -0.463 e. The van der Waals surface area contributed by atoms with Crippen molar-refractivity contribution in [2.45, 2.75) is 19.8 Å². The van der Waals surface area contributed by atoms with Crippen molar-refractivity contribution in [2.24, 2.45) is 11.3 Å². The number of nitrogens with zero attached hydrogens (tertiary/aromatic N) is 7. The van der Waals surface area contributed by atoms with Gasteiger partial charge in [0.15, 0.2) is 5.82 Å². The molecule has 1 unspecified atom stereocenters. The number of amides is 1. The van der Waals surface area contributed by atoms with E-state index in [0.29, 0.717) is 48.7 Å². The van der Waals surface area contributed by atoms with E-state index in [-0.39, 0.29) is 11.3 Å². The molecule has 3 aromatic rings. The zero-order valence-electron chi connectivity index (χ0n) is 21.9. The number of nitrogens with one attached hydrogen (secondary N) is 1. The lowest BCUT2D eigenvalue weighted by molar-refractivity contribution is -0.136. The van der Waals surface area contributed by atoms with Crippen LogP contribution in [0.5, 0.6) is 6.01 Å². The number of nitriles is 1. The highest BCUT2D eigenvalue weighted by Gasteiger charge is 2.49. The van der Waals surface area contributed by atoms with Crippen LogP contribution in [0.25, 0.3) is 22.2 Å². The van der Waals surface area contributed by atoms with E-state index in [1.54, 1.807) is 6.20 Å². The van der Waals surface area contributed by atoms with E-state index in [1.807, 2.05) is 24.0 Å². The van der Waals surface area contributed by atoms with Crippen molar-refractivity contribution >= 4 is 22.6 Å². The number of fused-ring (bicyclic) bond motifs is 1. The number of benzene rings is 1. The fourth-order valence-corrected chi connectivity index (χ4v) is 6.22. The number of carbonyl (C=O) groups excluding carboxylic acids is 1. The predicted molar refractivity (Wildman–Crippen MR) is 144 cm³/mol. The second-order valence-corrected chi connectivity index (χ2v) is 11.1. The molecular weight excluding hydrogens is 480 g/mol. The summed E-state index contributed by atoms with van der Waals surface area (Å²) in [6.45, 7) is 11.1. The first-order chi connectivity index (χ1) is 18.4. The van der Waals surface area contributed by atoms with E-state index < -0.39 is 0 Å². The van der Waals surface area contributed by atoms with Crippen LogP contribution in [0.4, 0.5) is 5.82 Å². The maximum Gasteiger partial charge on any atom is 0.319 e. The smallest absolute Gasteiger partial charge is 0.319 e. The van der Waals surface area contributed by atoms with E-state index in [0.717, 1.165) is 61.1 Å². The van der Waals surface area contributed by atoms with E-state index in [2.05, 4.69) is 39.7 Å². The van der Waals surface area contributed by atoms with Gasteiger partial charge in [0.05, 0.1) is 24.0 Å². The molecule has 0 saturated carbocycles. The highest BCUT2D eigenvalue weighted by molar-refractivity contribution is 5.97. The Labute approximate surface area is 221 Å². The molecule has 3 aliphatic rings. The van der Waals surface area contributed by atoms with E-state index in [1.165, 1.54) is 6.08 Å². The maximum absolute atomic E-state index is 12.1. The first-order valence-electron chi connectivity index (χ1n) is 13.1. The number of ether oxygens (including phenoxy) is 1. The van der Waals surface area contributed by atoms with Crippen molar-refractivity contribution in [2.75, 3.05) is 57.8 Å². The van der Waals surface area contributed by atoms with Gasteiger partial charge in [0.25, 0.3) is 0 Å². The van der Waals surface area contributed by atoms with Crippen molar-refractivity contribution in [1.82, 2.24) is 30.0 Å². The number of hydrogen-bond acceptors (Lipinski definition) is 8. The van der Waals surface area contributed by atoms with Gasteiger partial charge in [-0.1, -0.05) is 12.6 Å². The van der Waals surface area contributed by atoms with Gasteiger partial charge in [-0.3, -0.25) is 9.89 Å². The molecule has 1 amide bonds. The minimum atomic E-state index is -0.0342. The third-order valence-electron chi connectivity index (χ3n) is 8.26. The molecule has 6 rings (SSSR count). The van der Waals surface area contributed by atoms with Gasteiger partial charge in [-0.05, 0) is 51.1 Å². The second-order valence-electron chi connectivity index (χ2n) is 11.1. The predicted octanol–water partition coefficient (Wildman–Crippen LogP) is 2.76. The SMILES string of the molecule is C=CC(=O)N1CC2(CCN(c3nc(OCC4CCN(C)C4)nc(-c4c(C)ccc5[nH]ncc45)c3C#N)C2)C1. The summed E-state index contributed by atoms with van der Waals surface area (Å²) < 4.78 is 6.22. The molecule has 196 valence electrons. The zero-order chi connectivity index (χ0) is 26.4. The highest BCUT2D eigenvalue weighted by Crippen LogP contribution is 2.43. The number of H-pyrrole nitrogens is 1. The molecule has 0 aliphatic carbocycles. The Morgan fingerprint density at radius 1 is 1.32 bits per heavy atom. The fourth-order valence-electron chi connectivity index (χ4n) is 6.22. The molecular formula is C28H32N8O2. The highest BCUT2D eigenvalue weighted by atomic mass is 16.5. The summed E-state index contributed by atoms with van der Waals surface area (Å²) >= 11 is 0. The van der Waals surface area contributed by atoms with Crippen LogP contribution in [0.15, 0.2) is 31.0 Å². The number of anilines is 1. The standard InChI is InChI=1S/C28H32N8O2/c1-4-23(37)36-16-28(17-36)8-10-35(15-28)26-20(11-29)25(24-18(2)5-6-22-21(24)12-30-33-22)31-27(32-26)38-14-19-7-9-34(3)13-19/h4-6,12,19H,1,7-10,13-17H2,2-3H3,(H,30,33). The average molecular weight is 513 g/mol. The number of carbonyl (C=O) groups is 1. The fraction of sp³-hybridized carbons (Fsp3) is 0.464. The van der Waals surface area contributed by atoms with Crippen molar-refractivity contribution in [1.29, 1.82) is 5.26 Å². The monoisotopic (exact) mass is 512 g/mol. The number of aryl methyl sites for hydroxylation is 1. The van der Waals surface area contributed by atoms with Crippen LogP contribution in [0, 0.1) is 29.6 Å².